The number of nitrogens with one attached hydrogen (secondary N) is 2. The van der Waals surface area contributed by atoms with Crippen LogP contribution < -0.4 is 10.6 Å². The van der Waals surface area contributed by atoms with Crippen molar-refractivity contribution in [1.29, 1.82) is 0 Å². The van der Waals surface area contributed by atoms with Crippen molar-refractivity contribution >= 4 is 68.9 Å². The first kappa shape index (κ1) is 26.2. The van der Waals surface area contributed by atoms with Gasteiger partial charge in [-0.05, 0) is 42.3 Å². The van der Waals surface area contributed by atoms with E-state index in [2.05, 4.69) is 15.6 Å². The van der Waals surface area contributed by atoms with Crippen molar-refractivity contribution in [2.45, 2.75) is 29.9 Å². The van der Waals surface area contributed by atoms with Gasteiger partial charge in [-0.1, -0.05) is 72.6 Å². The van der Waals surface area contributed by atoms with Gasteiger partial charge in [-0.25, -0.2) is 4.98 Å². The van der Waals surface area contributed by atoms with Gasteiger partial charge < -0.3 is 10.6 Å². The van der Waals surface area contributed by atoms with Crippen LogP contribution in [0.25, 0.3) is 11.3 Å². The number of thioether (sulfide) groups is 1. The Morgan fingerprint density at radius 3 is 2.53 bits per heavy atom. The molecule has 3 aromatic carbocycles. The Labute approximate surface area is 228 Å². The standard InChI is InChI=1S/C27H23Cl2N3O2S2/c1-2-24(26(34)32-27-31-23(16-35-27)18-11-12-21(28)22(29)14-18)36-20-10-6-9-19(15-20)30-25(33)13-17-7-4-3-5-8-17/h3-12,14-16,24H,2,13H2,1H3,(H,30,33)(H,31,32,34). The van der Waals surface area contributed by atoms with Gasteiger partial charge in [-0.2, -0.15) is 0 Å². The van der Waals surface area contributed by atoms with E-state index in [1.807, 2.05) is 73.0 Å². The van der Waals surface area contributed by atoms with E-state index in [1.54, 1.807) is 12.1 Å². The lowest BCUT2D eigenvalue weighted by Crippen LogP contribution is -2.24. The molecule has 1 heterocycles. The van der Waals surface area contributed by atoms with E-state index >= 15 is 0 Å². The summed E-state index contributed by atoms with van der Waals surface area (Å²) in [6.45, 7) is 1.96. The Hall–Kier alpha value is -2.84. The molecule has 2 N–H and O–H groups in total. The van der Waals surface area contributed by atoms with Gasteiger partial charge in [0.15, 0.2) is 5.13 Å². The molecule has 0 bridgehead atoms. The van der Waals surface area contributed by atoms with Crippen LogP contribution in [0, 0.1) is 0 Å². The topological polar surface area (TPSA) is 71.1 Å². The molecule has 0 radical (unpaired) electrons. The number of aromatic nitrogens is 1. The molecule has 0 aliphatic heterocycles. The van der Waals surface area contributed by atoms with Crippen LogP contribution in [0.3, 0.4) is 0 Å². The fourth-order valence-electron chi connectivity index (χ4n) is 3.43. The SMILES string of the molecule is CCC(Sc1cccc(NC(=O)Cc2ccccc2)c1)C(=O)Nc1nc(-c2ccc(Cl)c(Cl)c2)cs1. The molecule has 4 rings (SSSR count). The van der Waals surface area contributed by atoms with Crippen LogP contribution >= 0.6 is 46.3 Å². The van der Waals surface area contributed by atoms with Gasteiger partial charge >= 0.3 is 0 Å². The third-order valence-electron chi connectivity index (χ3n) is 5.22. The maximum absolute atomic E-state index is 13.0. The summed E-state index contributed by atoms with van der Waals surface area (Å²) in [6, 6.07) is 22.4. The van der Waals surface area contributed by atoms with E-state index < -0.39 is 0 Å². The quantitative estimate of drug-likeness (QED) is 0.206. The van der Waals surface area contributed by atoms with Crippen molar-refractivity contribution in [1.82, 2.24) is 4.98 Å². The fraction of sp³-hybridized carbons (Fsp3) is 0.148. The number of hydrogen-bond acceptors (Lipinski definition) is 5. The molecule has 5 nitrogen and oxygen atoms in total. The molecule has 4 aromatic rings. The summed E-state index contributed by atoms with van der Waals surface area (Å²) in [5, 5.41) is 8.85. The highest BCUT2D eigenvalue weighted by molar-refractivity contribution is 8.00. The Morgan fingerprint density at radius 1 is 0.972 bits per heavy atom. The molecule has 0 saturated carbocycles. The van der Waals surface area contributed by atoms with Crippen LogP contribution in [0.4, 0.5) is 10.8 Å². The summed E-state index contributed by atoms with van der Waals surface area (Å²) in [5.41, 5.74) is 3.19. The first-order chi connectivity index (χ1) is 17.4. The van der Waals surface area contributed by atoms with Gasteiger partial charge in [-0.3, -0.25) is 9.59 Å². The van der Waals surface area contributed by atoms with Crippen LogP contribution in [-0.2, 0) is 16.0 Å². The maximum atomic E-state index is 13.0. The summed E-state index contributed by atoms with van der Waals surface area (Å²) in [5.74, 6) is -0.217. The lowest BCUT2D eigenvalue weighted by atomic mass is 10.1. The molecule has 0 saturated heterocycles. The molecule has 2 amide bonds. The van der Waals surface area contributed by atoms with Crippen molar-refractivity contribution in [3.8, 4) is 11.3 Å². The fourth-order valence-corrected chi connectivity index (χ4v) is 5.46. The normalized spacial score (nSPS) is 11.6. The molecule has 9 heteroatoms. The third kappa shape index (κ3) is 7.11. The van der Waals surface area contributed by atoms with Crippen molar-refractivity contribution in [2.24, 2.45) is 0 Å². The van der Waals surface area contributed by atoms with Crippen molar-refractivity contribution in [2.75, 3.05) is 10.6 Å². The maximum Gasteiger partial charge on any atom is 0.239 e. The average Bonchev–Trinajstić information content (AvgIpc) is 3.33. The highest BCUT2D eigenvalue weighted by atomic mass is 35.5. The van der Waals surface area contributed by atoms with Crippen LogP contribution in [0.2, 0.25) is 10.0 Å². The third-order valence-corrected chi connectivity index (χ3v) is 8.07. The number of hydrogen-bond donors (Lipinski definition) is 2. The number of benzene rings is 3. The van der Waals surface area contributed by atoms with E-state index in [9.17, 15) is 9.59 Å². The minimum Gasteiger partial charge on any atom is -0.326 e. The molecule has 1 atom stereocenters. The highest BCUT2D eigenvalue weighted by Gasteiger charge is 2.20. The second-order valence-corrected chi connectivity index (χ2v) is 10.9. The lowest BCUT2D eigenvalue weighted by Gasteiger charge is -2.14. The van der Waals surface area contributed by atoms with E-state index in [0.717, 1.165) is 16.0 Å². The average molecular weight is 557 g/mol. The molecule has 184 valence electrons. The summed E-state index contributed by atoms with van der Waals surface area (Å²) in [4.78, 5) is 30.8. The zero-order valence-electron chi connectivity index (χ0n) is 19.3. The zero-order chi connectivity index (χ0) is 25.5. The molecule has 1 aromatic heterocycles. The van der Waals surface area contributed by atoms with E-state index in [1.165, 1.54) is 23.1 Å². The van der Waals surface area contributed by atoms with Crippen molar-refractivity contribution in [3.63, 3.8) is 0 Å². The molecular weight excluding hydrogens is 533 g/mol. The van der Waals surface area contributed by atoms with Crippen LogP contribution in [0.15, 0.2) is 83.1 Å². The Kier molecular flexibility index (Phi) is 9.04. The first-order valence-corrected chi connectivity index (χ1v) is 13.7. The number of rotatable bonds is 9. The predicted octanol–water partition coefficient (Wildman–Crippen LogP) is 7.81. The number of nitrogens with zero attached hydrogens (tertiary/aromatic N) is 1. The van der Waals surface area contributed by atoms with Gasteiger partial charge in [0.05, 0.1) is 27.4 Å². The van der Waals surface area contributed by atoms with Crippen molar-refractivity contribution in [3.05, 3.63) is 93.8 Å². The van der Waals surface area contributed by atoms with Gasteiger partial charge in [0.2, 0.25) is 11.8 Å². The summed E-state index contributed by atoms with van der Waals surface area (Å²) in [6.07, 6.45) is 0.933. The number of amides is 2. The number of anilines is 2. The molecular formula is C27H23Cl2N3O2S2. The predicted molar refractivity (Wildman–Crippen MR) is 151 cm³/mol. The minimum absolute atomic E-state index is 0.0883. The monoisotopic (exact) mass is 555 g/mol. The number of carbonyl (C=O) groups excluding carboxylic acids is 2. The number of halogens is 2. The number of thiazole rings is 1. The summed E-state index contributed by atoms with van der Waals surface area (Å²) >= 11 is 14.9. The Balaban J connectivity index is 1.37. The zero-order valence-corrected chi connectivity index (χ0v) is 22.5. The van der Waals surface area contributed by atoms with Crippen molar-refractivity contribution < 1.29 is 9.59 Å². The van der Waals surface area contributed by atoms with E-state index in [0.29, 0.717) is 39.4 Å². The van der Waals surface area contributed by atoms with Gasteiger partial charge in [0, 0.05) is 21.5 Å². The first-order valence-electron chi connectivity index (χ1n) is 11.2. The second-order valence-electron chi connectivity index (χ2n) is 7.91. The lowest BCUT2D eigenvalue weighted by molar-refractivity contribution is -0.116. The van der Waals surface area contributed by atoms with E-state index in [-0.39, 0.29) is 17.1 Å². The molecule has 36 heavy (non-hydrogen) atoms. The molecule has 0 aliphatic rings. The summed E-state index contributed by atoms with van der Waals surface area (Å²) in [7, 11) is 0. The minimum atomic E-state index is -0.322. The highest BCUT2D eigenvalue weighted by Crippen LogP contribution is 2.32. The second kappa shape index (κ2) is 12.4. The molecule has 1 unspecified atom stereocenters. The summed E-state index contributed by atoms with van der Waals surface area (Å²) < 4.78 is 0. The van der Waals surface area contributed by atoms with Crippen LogP contribution in [-0.4, -0.2) is 22.0 Å². The van der Waals surface area contributed by atoms with Crippen LogP contribution in [0.5, 0.6) is 0 Å². The largest absolute Gasteiger partial charge is 0.326 e. The Bertz CT molecular complexity index is 1360. The van der Waals surface area contributed by atoms with Gasteiger partial charge in [0.1, 0.15) is 0 Å². The smallest absolute Gasteiger partial charge is 0.239 e. The van der Waals surface area contributed by atoms with Gasteiger partial charge in [0.25, 0.3) is 0 Å². The van der Waals surface area contributed by atoms with Gasteiger partial charge in [-0.15, -0.1) is 23.1 Å². The van der Waals surface area contributed by atoms with Crippen LogP contribution in [0.1, 0.15) is 18.9 Å². The molecule has 0 spiro atoms. The number of carbonyl (C=O) groups is 2. The Morgan fingerprint density at radius 2 is 1.78 bits per heavy atom. The van der Waals surface area contributed by atoms with E-state index in [4.69, 9.17) is 23.2 Å². The molecule has 0 aliphatic carbocycles. The molecule has 0 fully saturated rings.